The fourth-order valence-electron chi connectivity index (χ4n) is 2.13. The van der Waals surface area contributed by atoms with Gasteiger partial charge in [0.1, 0.15) is 0 Å². The fraction of sp³-hybridized carbons (Fsp3) is 0.235. The van der Waals surface area contributed by atoms with E-state index < -0.39 is 0 Å². The van der Waals surface area contributed by atoms with Gasteiger partial charge in [0.05, 0.1) is 13.0 Å². The van der Waals surface area contributed by atoms with Crippen molar-refractivity contribution in [3.8, 4) is 0 Å². The van der Waals surface area contributed by atoms with E-state index in [9.17, 15) is 4.79 Å². The smallest absolute Gasteiger partial charge is 0.314 e. The van der Waals surface area contributed by atoms with Gasteiger partial charge < -0.3 is 10.1 Å². The van der Waals surface area contributed by atoms with Gasteiger partial charge in [-0.25, -0.2) is 0 Å². The van der Waals surface area contributed by atoms with E-state index in [-0.39, 0.29) is 11.9 Å². The number of hydrogen-bond acceptors (Lipinski definition) is 3. The number of rotatable bonds is 6. The van der Waals surface area contributed by atoms with Gasteiger partial charge >= 0.3 is 5.97 Å². The van der Waals surface area contributed by atoms with E-state index in [1.54, 1.807) is 0 Å². The molecular formula is C17H18BrNO2. The van der Waals surface area contributed by atoms with E-state index >= 15 is 0 Å². The van der Waals surface area contributed by atoms with Crippen molar-refractivity contribution >= 4 is 21.9 Å². The van der Waals surface area contributed by atoms with Gasteiger partial charge in [0, 0.05) is 17.6 Å². The normalized spacial score (nSPS) is 11.9. The molecule has 0 aromatic heterocycles. The van der Waals surface area contributed by atoms with Crippen LogP contribution in [0, 0.1) is 0 Å². The monoisotopic (exact) mass is 347 g/mol. The maximum atomic E-state index is 11.9. The summed E-state index contributed by atoms with van der Waals surface area (Å²) in [7, 11) is 1.42. The molecule has 0 heterocycles. The Morgan fingerprint density at radius 3 is 2.43 bits per heavy atom. The average molecular weight is 348 g/mol. The lowest BCUT2D eigenvalue weighted by atomic mass is 9.99. The Morgan fingerprint density at radius 2 is 1.81 bits per heavy atom. The SMILES string of the molecule is COC(=O)C(CNCc1ccc(Br)cc1)c1ccccc1. The van der Waals surface area contributed by atoms with Crippen LogP contribution in [0.2, 0.25) is 0 Å². The molecule has 0 bridgehead atoms. The summed E-state index contributed by atoms with van der Waals surface area (Å²) in [4.78, 5) is 11.9. The Bertz CT molecular complexity index is 569. The Labute approximate surface area is 133 Å². The second-order valence-electron chi connectivity index (χ2n) is 4.74. The molecule has 2 aromatic carbocycles. The fourth-order valence-corrected chi connectivity index (χ4v) is 2.39. The maximum absolute atomic E-state index is 11.9. The molecule has 0 saturated carbocycles. The second-order valence-corrected chi connectivity index (χ2v) is 5.66. The van der Waals surface area contributed by atoms with Gasteiger partial charge in [-0.3, -0.25) is 4.79 Å². The van der Waals surface area contributed by atoms with Crippen LogP contribution in [-0.4, -0.2) is 19.6 Å². The van der Waals surface area contributed by atoms with Crippen molar-refractivity contribution in [2.24, 2.45) is 0 Å². The molecule has 0 spiro atoms. The quantitative estimate of drug-likeness (QED) is 0.812. The Balaban J connectivity index is 1.96. The van der Waals surface area contributed by atoms with Crippen LogP contribution in [0.4, 0.5) is 0 Å². The summed E-state index contributed by atoms with van der Waals surface area (Å²) in [6.07, 6.45) is 0. The first kappa shape index (κ1) is 15.7. The van der Waals surface area contributed by atoms with Crippen LogP contribution in [0.1, 0.15) is 17.0 Å². The molecule has 0 saturated heterocycles. The number of carbonyl (C=O) groups excluding carboxylic acids is 1. The molecule has 0 aliphatic carbocycles. The van der Waals surface area contributed by atoms with Gasteiger partial charge in [0.15, 0.2) is 0 Å². The second kappa shape index (κ2) is 7.96. The summed E-state index contributed by atoms with van der Waals surface area (Å²) < 4.78 is 5.96. The highest BCUT2D eigenvalue weighted by atomic mass is 79.9. The number of carbonyl (C=O) groups is 1. The van der Waals surface area contributed by atoms with Gasteiger partial charge in [-0.05, 0) is 23.3 Å². The number of ether oxygens (including phenoxy) is 1. The molecule has 4 heteroatoms. The van der Waals surface area contributed by atoms with Crippen molar-refractivity contribution in [2.75, 3.05) is 13.7 Å². The van der Waals surface area contributed by atoms with Gasteiger partial charge in [0.2, 0.25) is 0 Å². The topological polar surface area (TPSA) is 38.3 Å². The van der Waals surface area contributed by atoms with Crippen LogP contribution in [0.15, 0.2) is 59.1 Å². The molecule has 3 nitrogen and oxygen atoms in total. The highest BCUT2D eigenvalue weighted by molar-refractivity contribution is 9.10. The number of esters is 1. The van der Waals surface area contributed by atoms with E-state index in [4.69, 9.17) is 4.74 Å². The molecule has 0 aliphatic heterocycles. The number of benzene rings is 2. The van der Waals surface area contributed by atoms with Crippen molar-refractivity contribution in [1.82, 2.24) is 5.32 Å². The van der Waals surface area contributed by atoms with Crippen LogP contribution in [0.3, 0.4) is 0 Å². The molecule has 0 fully saturated rings. The lowest BCUT2D eigenvalue weighted by molar-refractivity contribution is -0.142. The predicted octanol–water partition coefficient (Wildman–Crippen LogP) is 3.50. The Kier molecular flexibility index (Phi) is 5.96. The summed E-state index contributed by atoms with van der Waals surface area (Å²) in [5, 5.41) is 3.32. The first-order chi connectivity index (χ1) is 10.2. The molecule has 110 valence electrons. The molecule has 1 N–H and O–H groups in total. The van der Waals surface area contributed by atoms with Crippen molar-refractivity contribution in [3.63, 3.8) is 0 Å². The van der Waals surface area contributed by atoms with Crippen LogP contribution < -0.4 is 5.32 Å². The van der Waals surface area contributed by atoms with E-state index in [0.717, 1.165) is 10.0 Å². The van der Waals surface area contributed by atoms with Crippen molar-refractivity contribution in [2.45, 2.75) is 12.5 Å². The van der Waals surface area contributed by atoms with Crippen LogP contribution in [-0.2, 0) is 16.1 Å². The Hall–Kier alpha value is -1.65. The minimum absolute atomic E-state index is 0.218. The highest BCUT2D eigenvalue weighted by Gasteiger charge is 2.20. The number of hydrogen-bond donors (Lipinski definition) is 1. The lowest BCUT2D eigenvalue weighted by Crippen LogP contribution is -2.27. The molecule has 2 rings (SSSR count). The minimum atomic E-state index is -0.286. The summed E-state index contributed by atoms with van der Waals surface area (Å²) in [6.45, 7) is 1.26. The molecule has 0 amide bonds. The zero-order valence-electron chi connectivity index (χ0n) is 11.9. The summed E-state index contributed by atoms with van der Waals surface area (Å²) >= 11 is 3.41. The van der Waals surface area contributed by atoms with Gasteiger partial charge in [-0.1, -0.05) is 58.4 Å². The summed E-state index contributed by atoms with van der Waals surface area (Å²) in [5.74, 6) is -0.504. The zero-order valence-corrected chi connectivity index (χ0v) is 13.5. The van der Waals surface area contributed by atoms with Crippen LogP contribution in [0.5, 0.6) is 0 Å². The molecule has 1 atom stereocenters. The zero-order chi connectivity index (χ0) is 15.1. The molecule has 2 aromatic rings. The first-order valence-electron chi connectivity index (χ1n) is 6.78. The Morgan fingerprint density at radius 1 is 1.14 bits per heavy atom. The highest BCUT2D eigenvalue weighted by Crippen LogP contribution is 2.16. The van der Waals surface area contributed by atoms with Crippen LogP contribution in [0.25, 0.3) is 0 Å². The summed E-state index contributed by atoms with van der Waals surface area (Å²) in [6, 6.07) is 17.8. The van der Waals surface area contributed by atoms with Crippen LogP contribution >= 0.6 is 15.9 Å². The van der Waals surface area contributed by atoms with Gasteiger partial charge in [0.25, 0.3) is 0 Å². The third kappa shape index (κ3) is 4.69. The standard InChI is InChI=1S/C17H18BrNO2/c1-21-17(20)16(14-5-3-2-4-6-14)12-19-11-13-7-9-15(18)10-8-13/h2-10,16,19H,11-12H2,1H3. The van der Waals surface area contributed by atoms with E-state index in [2.05, 4.69) is 21.2 Å². The number of halogens is 1. The third-order valence-electron chi connectivity index (χ3n) is 3.28. The largest absolute Gasteiger partial charge is 0.469 e. The third-order valence-corrected chi connectivity index (χ3v) is 3.81. The minimum Gasteiger partial charge on any atom is -0.469 e. The lowest BCUT2D eigenvalue weighted by Gasteiger charge is -2.16. The van der Waals surface area contributed by atoms with Gasteiger partial charge in [-0.2, -0.15) is 0 Å². The van der Waals surface area contributed by atoms with Crippen molar-refractivity contribution in [3.05, 3.63) is 70.2 Å². The van der Waals surface area contributed by atoms with E-state index in [0.29, 0.717) is 13.1 Å². The maximum Gasteiger partial charge on any atom is 0.314 e. The molecule has 1 unspecified atom stereocenters. The summed E-state index contributed by atoms with van der Waals surface area (Å²) in [5.41, 5.74) is 2.14. The molecule has 21 heavy (non-hydrogen) atoms. The molecule has 0 aliphatic rings. The van der Waals surface area contributed by atoms with Crippen molar-refractivity contribution in [1.29, 1.82) is 0 Å². The number of nitrogens with one attached hydrogen (secondary N) is 1. The van der Waals surface area contributed by atoms with Crippen molar-refractivity contribution < 1.29 is 9.53 Å². The predicted molar refractivity (Wildman–Crippen MR) is 87.0 cm³/mol. The van der Waals surface area contributed by atoms with E-state index in [1.807, 2.05) is 54.6 Å². The average Bonchev–Trinajstić information content (AvgIpc) is 2.53. The number of methoxy groups -OCH3 is 1. The van der Waals surface area contributed by atoms with Gasteiger partial charge in [-0.15, -0.1) is 0 Å². The molecule has 0 radical (unpaired) electrons. The molecular weight excluding hydrogens is 330 g/mol. The van der Waals surface area contributed by atoms with E-state index in [1.165, 1.54) is 12.7 Å². The first-order valence-corrected chi connectivity index (χ1v) is 7.58.